The number of ether oxygens (including phenoxy) is 1. The molecule has 128 valence electrons. The van der Waals surface area contributed by atoms with Crippen LogP contribution in [0.15, 0.2) is 18.2 Å². The fourth-order valence-electron chi connectivity index (χ4n) is 2.65. The zero-order valence-electron chi connectivity index (χ0n) is 15.1. The smallest absolute Gasteiger partial charge is 0.267 e. The number of anilines is 1. The highest BCUT2D eigenvalue weighted by molar-refractivity contribution is 5.99. The molecule has 0 spiro atoms. The van der Waals surface area contributed by atoms with Crippen molar-refractivity contribution in [3.63, 3.8) is 0 Å². The fraction of sp³-hybridized carbons (Fsp3) is 0.611. The standard InChI is InChI=1S/C18H29N3O2/c1-12-17(22)21(10-9-20(5)6)14-11-13(7-8-15(14)23-12)16(19)18(2,3)4/h7-8,11-12,16H,9-10,19H2,1-6H3. The number of rotatable bonds is 4. The van der Waals surface area contributed by atoms with Crippen molar-refractivity contribution in [1.29, 1.82) is 0 Å². The van der Waals surface area contributed by atoms with Crippen molar-refractivity contribution in [2.24, 2.45) is 11.1 Å². The van der Waals surface area contributed by atoms with E-state index < -0.39 is 6.10 Å². The highest BCUT2D eigenvalue weighted by atomic mass is 16.5. The average molecular weight is 319 g/mol. The van der Waals surface area contributed by atoms with Gasteiger partial charge in [-0.2, -0.15) is 0 Å². The van der Waals surface area contributed by atoms with E-state index in [-0.39, 0.29) is 17.4 Å². The third-order valence-corrected chi connectivity index (χ3v) is 4.25. The van der Waals surface area contributed by atoms with Gasteiger partial charge >= 0.3 is 0 Å². The molecule has 2 unspecified atom stereocenters. The highest BCUT2D eigenvalue weighted by Crippen LogP contribution is 2.39. The van der Waals surface area contributed by atoms with E-state index in [0.29, 0.717) is 6.54 Å². The lowest BCUT2D eigenvalue weighted by Gasteiger charge is -2.35. The number of nitrogens with zero attached hydrogens (tertiary/aromatic N) is 2. The number of likely N-dealkylation sites (N-methyl/N-ethyl adjacent to an activating group) is 1. The molecule has 2 atom stereocenters. The molecule has 0 saturated carbocycles. The van der Waals surface area contributed by atoms with E-state index in [1.165, 1.54) is 0 Å². The SMILES string of the molecule is CC1Oc2ccc(C(N)C(C)(C)C)cc2N(CCN(C)C)C1=O. The topological polar surface area (TPSA) is 58.8 Å². The van der Waals surface area contributed by atoms with Gasteiger partial charge in [0.05, 0.1) is 5.69 Å². The van der Waals surface area contributed by atoms with Crippen LogP contribution >= 0.6 is 0 Å². The summed E-state index contributed by atoms with van der Waals surface area (Å²) in [6.45, 7) is 9.58. The van der Waals surface area contributed by atoms with E-state index in [4.69, 9.17) is 10.5 Å². The van der Waals surface area contributed by atoms with Gasteiger partial charge in [-0.3, -0.25) is 4.79 Å². The molecule has 2 N–H and O–H groups in total. The van der Waals surface area contributed by atoms with Crippen molar-refractivity contribution in [3.8, 4) is 5.75 Å². The van der Waals surface area contributed by atoms with Crippen LogP contribution < -0.4 is 15.4 Å². The molecule has 1 aromatic carbocycles. The quantitative estimate of drug-likeness (QED) is 0.926. The normalized spacial score (nSPS) is 19.6. The van der Waals surface area contributed by atoms with Crippen molar-refractivity contribution < 1.29 is 9.53 Å². The number of benzene rings is 1. The second-order valence-electron chi connectivity index (χ2n) is 7.62. The molecule has 1 aliphatic heterocycles. The van der Waals surface area contributed by atoms with Gasteiger partial charge in [-0.05, 0) is 44.1 Å². The van der Waals surface area contributed by atoms with Crippen LogP contribution in [-0.2, 0) is 4.79 Å². The maximum absolute atomic E-state index is 12.5. The predicted molar refractivity (Wildman–Crippen MR) is 93.8 cm³/mol. The molecule has 23 heavy (non-hydrogen) atoms. The zero-order chi connectivity index (χ0) is 17.4. The second-order valence-corrected chi connectivity index (χ2v) is 7.62. The van der Waals surface area contributed by atoms with E-state index in [9.17, 15) is 4.79 Å². The minimum Gasteiger partial charge on any atom is -0.479 e. The number of hydrogen-bond donors (Lipinski definition) is 1. The molecule has 2 rings (SSSR count). The molecule has 0 aliphatic carbocycles. The molecule has 0 fully saturated rings. The van der Waals surface area contributed by atoms with Crippen LogP contribution in [0.25, 0.3) is 0 Å². The average Bonchev–Trinajstić information content (AvgIpc) is 2.45. The summed E-state index contributed by atoms with van der Waals surface area (Å²) in [6, 6.07) is 5.84. The number of carbonyl (C=O) groups excluding carboxylic acids is 1. The third kappa shape index (κ3) is 3.85. The number of carbonyl (C=O) groups is 1. The van der Waals surface area contributed by atoms with Crippen LogP contribution in [0.1, 0.15) is 39.3 Å². The molecular weight excluding hydrogens is 290 g/mol. The number of hydrogen-bond acceptors (Lipinski definition) is 4. The van der Waals surface area contributed by atoms with Gasteiger partial charge in [0, 0.05) is 19.1 Å². The van der Waals surface area contributed by atoms with Gasteiger partial charge in [-0.1, -0.05) is 26.8 Å². The van der Waals surface area contributed by atoms with Crippen LogP contribution in [0.3, 0.4) is 0 Å². The minimum absolute atomic E-state index is 0.000769. The van der Waals surface area contributed by atoms with Crippen LogP contribution in [0, 0.1) is 5.41 Å². The van der Waals surface area contributed by atoms with Gasteiger partial charge < -0.3 is 20.3 Å². The summed E-state index contributed by atoms with van der Waals surface area (Å²) in [5.74, 6) is 0.751. The van der Waals surface area contributed by atoms with Crippen LogP contribution in [0.2, 0.25) is 0 Å². The largest absolute Gasteiger partial charge is 0.479 e. The van der Waals surface area contributed by atoms with Crippen molar-refractivity contribution in [3.05, 3.63) is 23.8 Å². The van der Waals surface area contributed by atoms with Crippen molar-refractivity contribution in [2.45, 2.75) is 39.8 Å². The Morgan fingerprint density at radius 2 is 2.00 bits per heavy atom. The molecule has 0 bridgehead atoms. The van der Waals surface area contributed by atoms with E-state index in [2.05, 4.69) is 25.7 Å². The lowest BCUT2D eigenvalue weighted by molar-refractivity contribution is -0.125. The molecule has 0 radical (unpaired) electrons. The first kappa shape index (κ1) is 17.8. The molecule has 1 amide bonds. The Bertz CT molecular complexity index is 578. The summed E-state index contributed by atoms with van der Waals surface area (Å²) in [5.41, 5.74) is 8.19. The second kappa shape index (κ2) is 6.49. The summed E-state index contributed by atoms with van der Waals surface area (Å²) in [4.78, 5) is 16.4. The molecule has 0 saturated heterocycles. The van der Waals surface area contributed by atoms with Gasteiger partial charge in [-0.25, -0.2) is 0 Å². The van der Waals surface area contributed by atoms with Crippen LogP contribution in [0.4, 0.5) is 5.69 Å². The van der Waals surface area contributed by atoms with Gasteiger partial charge in [0.1, 0.15) is 5.75 Å². The van der Waals surface area contributed by atoms with Crippen molar-refractivity contribution >= 4 is 11.6 Å². The van der Waals surface area contributed by atoms with Gasteiger partial charge in [-0.15, -0.1) is 0 Å². The van der Waals surface area contributed by atoms with Gasteiger partial charge in [0.15, 0.2) is 6.10 Å². The molecule has 5 nitrogen and oxygen atoms in total. The molecule has 5 heteroatoms. The predicted octanol–water partition coefficient (Wildman–Crippen LogP) is 2.41. The Kier molecular flexibility index (Phi) is 5.01. The van der Waals surface area contributed by atoms with E-state index >= 15 is 0 Å². The first-order valence-corrected chi connectivity index (χ1v) is 8.13. The van der Waals surface area contributed by atoms with Crippen molar-refractivity contribution in [2.75, 3.05) is 32.1 Å². The maximum Gasteiger partial charge on any atom is 0.267 e. The van der Waals surface area contributed by atoms with E-state index in [0.717, 1.165) is 23.5 Å². The third-order valence-electron chi connectivity index (χ3n) is 4.25. The Morgan fingerprint density at radius 1 is 1.35 bits per heavy atom. The lowest BCUT2D eigenvalue weighted by atomic mass is 9.83. The summed E-state index contributed by atoms with van der Waals surface area (Å²) in [6.07, 6.45) is -0.452. The Labute approximate surface area is 139 Å². The van der Waals surface area contributed by atoms with Gasteiger partial charge in [0.25, 0.3) is 5.91 Å². The summed E-state index contributed by atoms with van der Waals surface area (Å²) in [5, 5.41) is 0. The molecule has 1 aliphatic rings. The summed E-state index contributed by atoms with van der Waals surface area (Å²) >= 11 is 0. The zero-order valence-corrected chi connectivity index (χ0v) is 15.1. The molecule has 0 aromatic heterocycles. The minimum atomic E-state index is -0.452. The fourth-order valence-corrected chi connectivity index (χ4v) is 2.65. The monoisotopic (exact) mass is 319 g/mol. The van der Waals surface area contributed by atoms with Gasteiger partial charge in [0.2, 0.25) is 0 Å². The lowest BCUT2D eigenvalue weighted by Crippen LogP contribution is -2.47. The number of fused-ring (bicyclic) bond motifs is 1. The Hall–Kier alpha value is -1.59. The first-order chi connectivity index (χ1) is 10.6. The molecule has 1 aromatic rings. The van der Waals surface area contributed by atoms with Crippen molar-refractivity contribution in [1.82, 2.24) is 4.90 Å². The summed E-state index contributed by atoms with van der Waals surface area (Å²) < 4.78 is 5.76. The Balaban J connectivity index is 2.39. The summed E-state index contributed by atoms with van der Waals surface area (Å²) in [7, 11) is 4.00. The van der Waals surface area contributed by atoms with E-state index in [1.54, 1.807) is 6.92 Å². The maximum atomic E-state index is 12.5. The number of amides is 1. The van der Waals surface area contributed by atoms with Crippen LogP contribution in [-0.4, -0.2) is 44.1 Å². The van der Waals surface area contributed by atoms with Crippen LogP contribution in [0.5, 0.6) is 5.75 Å². The number of nitrogens with two attached hydrogens (primary N) is 1. The highest BCUT2D eigenvalue weighted by Gasteiger charge is 2.32. The molecular formula is C18H29N3O2. The Morgan fingerprint density at radius 3 is 2.57 bits per heavy atom. The van der Waals surface area contributed by atoms with E-state index in [1.807, 2.05) is 37.2 Å². The molecule has 1 heterocycles. The first-order valence-electron chi connectivity index (χ1n) is 8.13.